The van der Waals surface area contributed by atoms with Crippen molar-refractivity contribution in [3.05, 3.63) is 48.5 Å². The standard InChI is InChI=1S/C23H25N3O5S/c1-30-17-8-6-16(7-9-17)25-10-12-26(13-11-25)21(27)15-31-22(28)14-20-23(29)24-18-4-2-3-5-19(18)32-20/h2-9,20H,10-15H2,1H3,(H,24,29)/t20-/m0/s1. The Bertz CT molecular complexity index is 989. The first-order valence-electron chi connectivity index (χ1n) is 10.4. The van der Waals surface area contributed by atoms with E-state index in [4.69, 9.17) is 9.47 Å². The number of hydrogen-bond donors (Lipinski definition) is 1. The van der Waals surface area contributed by atoms with Gasteiger partial charge in [-0.3, -0.25) is 14.4 Å². The molecule has 2 aromatic carbocycles. The summed E-state index contributed by atoms with van der Waals surface area (Å²) in [7, 11) is 1.63. The van der Waals surface area contributed by atoms with Crippen LogP contribution >= 0.6 is 11.8 Å². The first-order chi connectivity index (χ1) is 15.5. The molecule has 2 aromatic rings. The van der Waals surface area contributed by atoms with Crippen molar-refractivity contribution in [1.29, 1.82) is 0 Å². The Hall–Kier alpha value is -3.20. The molecule has 2 heterocycles. The van der Waals surface area contributed by atoms with Crippen molar-refractivity contribution >= 4 is 40.9 Å². The number of anilines is 2. The molecule has 0 saturated carbocycles. The third-order valence-electron chi connectivity index (χ3n) is 5.49. The fraction of sp³-hybridized carbons (Fsp3) is 0.348. The zero-order valence-corrected chi connectivity index (χ0v) is 18.6. The quantitative estimate of drug-likeness (QED) is 0.669. The van der Waals surface area contributed by atoms with E-state index in [-0.39, 0.29) is 24.8 Å². The van der Waals surface area contributed by atoms with Crippen LogP contribution in [-0.4, -0.2) is 67.8 Å². The highest BCUT2D eigenvalue weighted by Gasteiger charge is 2.30. The summed E-state index contributed by atoms with van der Waals surface area (Å²) in [4.78, 5) is 41.8. The Kier molecular flexibility index (Phi) is 6.84. The van der Waals surface area contributed by atoms with E-state index in [1.54, 1.807) is 12.0 Å². The van der Waals surface area contributed by atoms with Gasteiger partial charge in [0.1, 0.15) is 5.75 Å². The van der Waals surface area contributed by atoms with Crippen molar-refractivity contribution in [2.24, 2.45) is 0 Å². The molecular formula is C23H25N3O5S. The average Bonchev–Trinajstić information content (AvgIpc) is 2.83. The molecule has 8 nitrogen and oxygen atoms in total. The van der Waals surface area contributed by atoms with E-state index < -0.39 is 11.2 Å². The van der Waals surface area contributed by atoms with E-state index in [2.05, 4.69) is 10.2 Å². The molecule has 1 N–H and O–H groups in total. The summed E-state index contributed by atoms with van der Waals surface area (Å²) in [5.74, 6) is -0.203. The van der Waals surface area contributed by atoms with E-state index in [1.807, 2.05) is 48.5 Å². The number of amides is 2. The minimum atomic E-state index is -0.569. The molecule has 0 radical (unpaired) electrons. The van der Waals surface area contributed by atoms with Gasteiger partial charge in [0.05, 0.1) is 24.5 Å². The lowest BCUT2D eigenvalue weighted by Crippen LogP contribution is -2.50. The van der Waals surface area contributed by atoms with Crippen molar-refractivity contribution in [3.8, 4) is 5.75 Å². The molecule has 0 unspecified atom stereocenters. The zero-order valence-electron chi connectivity index (χ0n) is 17.8. The lowest BCUT2D eigenvalue weighted by molar-refractivity contribution is -0.152. The van der Waals surface area contributed by atoms with E-state index >= 15 is 0 Å². The predicted molar refractivity (Wildman–Crippen MR) is 122 cm³/mol. The van der Waals surface area contributed by atoms with Gasteiger partial charge in [0.25, 0.3) is 5.91 Å². The van der Waals surface area contributed by atoms with Crippen LogP contribution < -0.4 is 15.0 Å². The molecule has 1 atom stereocenters. The van der Waals surface area contributed by atoms with Crippen LogP contribution in [-0.2, 0) is 19.1 Å². The monoisotopic (exact) mass is 455 g/mol. The maximum Gasteiger partial charge on any atom is 0.307 e. The highest BCUT2D eigenvalue weighted by Crippen LogP contribution is 2.36. The SMILES string of the molecule is COc1ccc(N2CCN(C(=O)COC(=O)C[C@@H]3Sc4ccccc4NC3=O)CC2)cc1. The molecule has 2 aliphatic rings. The van der Waals surface area contributed by atoms with E-state index in [9.17, 15) is 14.4 Å². The van der Waals surface area contributed by atoms with Crippen molar-refractivity contribution in [2.45, 2.75) is 16.6 Å². The summed E-state index contributed by atoms with van der Waals surface area (Å²) >= 11 is 1.33. The number of esters is 1. The largest absolute Gasteiger partial charge is 0.497 e. The number of carbonyl (C=O) groups is 3. The van der Waals surface area contributed by atoms with Crippen LogP contribution in [0.4, 0.5) is 11.4 Å². The van der Waals surface area contributed by atoms with Gasteiger partial charge in [0.15, 0.2) is 6.61 Å². The Morgan fingerprint density at radius 3 is 2.50 bits per heavy atom. The number of hydrogen-bond acceptors (Lipinski definition) is 7. The van der Waals surface area contributed by atoms with Crippen molar-refractivity contribution in [2.75, 3.05) is 50.1 Å². The van der Waals surface area contributed by atoms with Gasteiger partial charge in [-0.15, -0.1) is 11.8 Å². The number of nitrogens with zero attached hydrogens (tertiary/aromatic N) is 2. The first kappa shape index (κ1) is 22.0. The Morgan fingerprint density at radius 2 is 1.78 bits per heavy atom. The van der Waals surface area contributed by atoms with Crippen LogP contribution in [0.25, 0.3) is 0 Å². The van der Waals surface area contributed by atoms with Gasteiger partial charge in [-0.25, -0.2) is 0 Å². The lowest BCUT2D eigenvalue weighted by Gasteiger charge is -2.36. The van der Waals surface area contributed by atoms with E-state index in [1.165, 1.54) is 11.8 Å². The molecule has 0 spiro atoms. The molecule has 32 heavy (non-hydrogen) atoms. The van der Waals surface area contributed by atoms with Gasteiger partial charge >= 0.3 is 5.97 Å². The Morgan fingerprint density at radius 1 is 1.06 bits per heavy atom. The summed E-state index contributed by atoms with van der Waals surface area (Å²) in [5, 5.41) is 2.23. The number of methoxy groups -OCH3 is 1. The summed E-state index contributed by atoms with van der Waals surface area (Å²) in [6, 6.07) is 15.3. The molecule has 4 rings (SSSR count). The number of nitrogens with one attached hydrogen (secondary N) is 1. The molecule has 1 saturated heterocycles. The predicted octanol–water partition coefficient (Wildman–Crippen LogP) is 2.39. The number of para-hydroxylation sites is 1. The van der Waals surface area contributed by atoms with Crippen LogP contribution in [0, 0.1) is 0 Å². The second-order valence-electron chi connectivity index (χ2n) is 7.52. The van der Waals surface area contributed by atoms with Gasteiger partial charge in [0, 0.05) is 36.8 Å². The number of carbonyl (C=O) groups excluding carboxylic acids is 3. The third-order valence-corrected chi connectivity index (χ3v) is 6.76. The number of fused-ring (bicyclic) bond motifs is 1. The normalized spacial score (nSPS) is 17.9. The molecule has 2 aliphatic heterocycles. The van der Waals surface area contributed by atoms with Crippen LogP contribution in [0.15, 0.2) is 53.4 Å². The van der Waals surface area contributed by atoms with E-state index in [0.717, 1.165) is 22.0 Å². The summed E-state index contributed by atoms with van der Waals surface area (Å²) in [6.07, 6.45) is -0.0800. The number of ether oxygens (including phenoxy) is 2. The Labute approximate surface area is 190 Å². The van der Waals surface area contributed by atoms with Crippen LogP contribution in [0.1, 0.15) is 6.42 Å². The molecule has 168 valence electrons. The topological polar surface area (TPSA) is 88.2 Å². The number of benzene rings is 2. The third kappa shape index (κ3) is 5.16. The highest BCUT2D eigenvalue weighted by atomic mass is 32.2. The molecular weight excluding hydrogens is 430 g/mol. The molecule has 0 aliphatic carbocycles. The Balaban J connectivity index is 1.21. The van der Waals surface area contributed by atoms with Gasteiger partial charge in [0.2, 0.25) is 5.91 Å². The smallest absolute Gasteiger partial charge is 0.307 e. The minimum Gasteiger partial charge on any atom is -0.497 e. The van der Waals surface area contributed by atoms with Gasteiger partial charge in [-0.05, 0) is 36.4 Å². The maximum atomic E-state index is 12.5. The minimum absolute atomic E-state index is 0.0800. The van der Waals surface area contributed by atoms with Gasteiger partial charge in [-0.2, -0.15) is 0 Å². The summed E-state index contributed by atoms with van der Waals surface area (Å²) in [5.41, 5.74) is 1.82. The summed E-state index contributed by atoms with van der Waals surface area (Å²) in [6.45, 7) is 2.20. The summed E-state index contributed by atoms with van der Waals surface area (Å²) < 4.78 is 10.4. The lowest BCUT2D eigenvalue weighted by atomic mass is 10.2. The van der Waals surface area contributed by atoms with E-state index in [0.29, 0.717) is 26.2 Å². The van der Waals surface area contributed by atoms with Crippen LogP contribution in [0.5, 0.6) is 5.75 Å². The fourth-order valence-corrected chi connectivity index (χ4v) is 4.77. The van der Waals surface area contributed by atoms with Crippen molar-refractivity contribution < 1.29 is 23.9 Å². The fourth-order valence-electron chi connectivity index (χ4n) is 3.68. The molecule has 2 amide bonds. The first-order valence-corrected chi connectivity index (χ1v) is 11.3. The number of rotatable bonds is 6. The zero-order chi connectivity index (χ0) is 22.5. The van der Waals surface area contributed by atoms with Crippen molar-refractivity contribution in [1.82, 2.24) is 4.90 Å². The second kappa shape index (κ2) is 9.95. The average molecular weight is 456 g/mol. The van der Waals surface area contributed by atoms with Gasteiger partial charge in [-0.1, -0.05) is 12.1 Å². The van der Waals surface area contributed by atoms with Gasteiger partial charge < -0.3 is 24.6 Å². The maximum absolute atomic E-state index is 12.5. The van der Waals surface area contributed by atoms with Crippen LogP contribution in [0.2, 0.25) is 0 Å². The highest BCUT2D eigenvalue weighted by molar-refractivity contribution is 8.01. The van der Waals surface area contributed by atoms with Crippen molar-refractivity contribution in [3.63, 3.8) is 0 Å². The van der Waals surface area contributed by atoms with Crippen LogP contribution in [0.3, 0.4) is 0 Å². The second-order valence-corrected chi connectivity index (χ2v) is 8.77. The number of piperazine rings is 1. The molecule has 1 fully saturated rings. The molecule has 0 aromatic heterocycles. The molecule has 0 bridgehead atoms. The number of thioether (sulfide) groups is 1. The molecule has 9 heteroatoms.